The van der Waals surface area contributed by atoms with Crippen molar-refractivity contribution >= 4 is 98.6 Å². The molecule has 248 valence electrons. The fraction of sp³-hybridized carbons (Fsp3) is 0. The predicted octanol–water partition coefficient (Wildman–Crippen LogP) is 7.80. The zero-order valence-electron chi connectivity index (χ0n) is 29.0. The van der Waals surface area contributed by atoms with Crippen LogP contribution in [0.3, 0.4) is 0 Å². The van der Waals surface area contributed by atoms with Gasteiger partial charge in [-0.2, -0.15) is 0 Å². The van der Waals surface area contributed by atoms with Gasteiger partial charge in [0.1, 0.15) is 8.80 Å². The van der Waals surface area contributed by atoms with Crippen molar-refractivity contribution in [3.05, 3.63) is 200 Å². The van der Waals surface area contributed by atoms with E-state index in [1.54, 1.807) is 0 Å². The van der Waals surface area contributed by atoms with Gasteiger partial charge in [-0.05, 0) is 87.4 Å². The molecule has 0 amide bonds. The van der Waals surface area contributed by atoms with Crippen LogP contribution < -0.4 is 46.6 Å². The first-order chi connectivity index (χ1) is 26.3. The lowest BCUT2D eigenvalue weighted by molar-refractivity contribution is 1.23. The quantitative estimate of drug-likeness (QED) is 0.175. The van der Waals surface area contributed by atoms with Crippen LogP contribution in [0.5, 0.6) is 0 Å². The summed E-state index contributed by atoms with van der Waals surface area (Å²) < 4.78 is 0. The number of hydrogen-bond acceptors (Lipinski definition) is 3. The lowest BCUT2D eigenvalue weighted by atomic mass is 9.33. The van der Waals surface area contributed by atoms with E-state index in [-0.39, 0.29) is 6.71 Å². The maximum atomic E-state index is 2.54. The molecule has 0 saturated carbocycles. The Balaban J connectivity index is 1.24. The van der Waals surface area contributed by atoms with E-state index in [9.17, 15) is 0 Å². The zero-order chi connectivity index (χ0) is 34.9. The monoisotopic (exact) mass is 691 g/mol. The Morgan fingerprint density at radius 1 is 0.321 bits per heavy atom. The molecule has 0 atom stereocenters. The van der Waals surface area contributed by atoms with Crippen LogP contribution in [0, 0.1) is 0 Å². The van der Waals surface area contributed by atoms with Crippen molar-refractivity contribution in [1.82, 2.24) is 0 Å². The summed E-state index contributed by atoms with van der Waals surface area (Å²) in [6.45, 7) is 0.0807. The Labute approximate surface area is 312 Å². The zero-order valence-corrected chi connectivity index (χ0v) is 30.2. The molecular weight excluding hydrogens is 657 g/mol. The van der Waals surface area contributed by atoms with Gasteiger partial charge in [-0.15, -0.1) is 0 Å². The van der Waals surface area contributed by atoms with E-state index in [0.717, 1.165) is 17.1 Å². The van der Waals surface area contributed by atoms with Gasteiger partial charge in [0.15, 0.2) is 0 Å². The molecule has 0 aliphatic carbocycles. The maximum absolute atomic E-state index is 2.54. The summed E-state index contributed by atoms with van der Waals surface area (Å²) in [5.74, 6) is 0. The molecule has 3 heterocycles. The molecule has 3 nitrogen and oxygen atoms in total. The van der Waals surface area contributed by atoms with E-state index in [2.05, 4.69) is 215 Å². The highest BCUT2D eigenvalue weighted by atomic mass is 28.3. The first kappa shape index (κ1) is 30.1. The van der Waals surface area contributed by atoms with Crippen LogP contribution in [0.25, 0.3) is 0 Å². The van der Waals surface area contributed by atoms with E-state index >= 15 is 0 Å². The number of hydrogen-bond donors (Lipinski definition) is 0. The minimum atomic E-state index is -1.76. The highest BCUT2D eigenvalue weighted by molar-refractivity contribution is 7.00. The summed E-state index contributed by atoms with van der Waals surface area (Å²) >= 11 is 0. The molecule has 3 aliphatic heterocycles. The van der Waals surface area contributed by atoms with Gasteiger partial charge in [-0.3, -0.25) is 0 Å². The summed E-state index contributed by atoms with van der Waals surface area (Å²) in [4.78, 5) is 7.53. The molecule has 0 bridgehead atoms. The predicted molar refractivity (Wildman–Crippen MR) is 228 cm³/mol. The van der Waals surface area contributed by atoms with Gasteiger partial charge in [-0.25, -0.2) is 0 Å². The molecule has 0 saturated heterocycles. The lowest BCUT2D eigenvalue weighted by Crippen LogP contribution is -2.61. The van der Waals surface area contributed by atoms with Crippen molar-refractivity contribution in [1.29, 1.82) is 0 Å². The average Bonchev–Trinajstić information content (AvgIpc) is 3.23. The average molecular weight is 692 g/mol. The summed E-state index contributed by atoms with van der Waals surface area (Å²) in [6, 6.07) is 74.1. The van der Waals surface area contributed by atoms with Gasteiger partial charge in [-0.1, -0.05) is 145 Å². The van der Waals surface area contributed by atoms with Gasteiger partial charge >= 0.3 is 0 Å². The number of anilines is 9. The molecular formula is C48H34BN3Si. The molecule has 0 N–H and O–H groups in total. The standard InChI is InChI=1S/C48H34BN3Si/c1-4-18-34(19-5-1)50-40-26-12-10-24-38(40)49-39-25-11-13-27-41(39)51(35-20-6-2-7-21-35)45-33-36(32-44(50)48(45)49)52-42-28-14-16-30-46(42)53(37-22-8-3-9-23-37)47-31-17-15-29-43(47)52/h1-33,53H. The van der Waals surface area contributed by atoms with Crippen LogP contribution in [0.1, 0.15) is 0 Å². The van der Waals surface area contributed by atoms with E-state index in [1.807, 2.05) is 0 Å². The number of rotatable bonds is 4. The molecule has 8 aromatic carbocycles. The van der Waals surface area contributed by atoms with Crippen LogP contribution in [-0.4, -0.2) is 15.5 Å². The first-order valence-electron chi connectivity index (χ1n) is 18.4. The van der Waals surface area contributed by atoms with Crippen LogP contribution in [-0.2, 0) is 0 Å². The van der Waals surface area contributed by atoms with E-state index in [1.165, 1.54) is 66.1 Å². The normalized spacial score (nSPS) is 13.8. The van der Waals surface area contributed by atoms with Gasteiger partial charge in [0.25, 0.3) is 6.71 Å². The number of fused-ring (bicyclic) bond motifs is 6. The summed E-state index contributed by atoms with van der Waals surface area (Å²) in [5, 5.41) is 4.32. The third-order valence-electron chi connectivity index (χ3n) is 11.3. The number of nitrogens with zero attached hydrogens (tertiary/aromatic N) is 3. The van der Waals surface area contributed by atoms with Crippen LogP contribution in [0.4, 0.5) is 51.2 Å². The van der Waals surface area contributed by atoms with Crippen LogP contribution >= 0.6 is 0 Å². The lowest BCUT2D eigenvalue weighted by Gasteiger charge is -2.45. The van der Waals surface area contributed by atoms with E-state index in [0.29, 0.717) is 0 Å². The second-order valence-corrected chi connectivity index (χ2v) is 16.9. The summed E-state index contributed by atoms with van der Waals surface area (Å²) in [5.41, 5.74) is 14.8. The van der Waals surface area contributed by atoms with Gasteiger partial charge in [0.05, 0.1) is 5.69 Å². The third-order valence-corrected chi connectivity index (χ3v) is 14.5. The Morgan fingerprint density at radius 3 is 1.19 bits per heavy atom. The Morgan fingerprint density at radius 2 is 0.698 bits per heavy atom. The van der Waals surface area contributed by atoms with Crippen molar-refractivity contribution in [3.63, 3.8) is 0 Å². The first-order valence-corrected chi connectivity index (χ1v) is 20.2. The molecule has 11 rings (SSSR count). The van der Waals surface area contributed by atoms with E-state index < -0.39 is 8.80 Å². The molecule has 53 heavy (non-hydrogen) atoms. The SMILES string of the molecule is c1ccc(N2c3ccccc3B3c4ccccc4N(c4ccccc4)c4cc(N5c6ccccc6[SiH](c6ccccc6)c6ccccc65)cc2c43)cc1. The van der Waals surface area contributed by atoms with Crippen molar-refractivity contribution in [2.45, 2.75) is 0 Å². The Bertz CT molecular complexity index is 2510. The minimum absolute atomic E-state index is 0.0807. The number of para-hydroxylation sites is 6. The number of benzene rings is 8. The molecule has 0 fully saturated rings. The largest absolute Gasteiger partial charge is 0.311 e. The van der Waals surface area contributed by atoms with Crippen molar-refractivity contribution in [3.8, 4) is 0 Å². The molecule has 5 heteroatoms. The summed E-state index contributed by atoms with van der Waals surface area (Å²) in [7, 11) is -1.76. The fourth-order valence-corrected chi connectivity index (χ4v) is 12.5. The highest BCUT2D eigenvalue weighted by Crippen LogP contribution is 2.47. The van der Waals surface area contributed by atoms with Crippen molar-refractivity contribution < 1.29 is 0 Å². The van der Waals surface area contributed by atoms with Gasteiger partial charge < -0.3 is 14.7 Å². The third kappa shape index (κ3) is 4.54. The van der Waals surface area contributed by atoms with Crippen molar-refractivity contribution in [2.24, 2.45) is 0 Å². The second-order valence-electron chi connectivity index (χ2n) is 14.1. The second kappa shape index (κ2) is 12.0. The van der Waals surface area contributed by atoms with Gasteiger partial charge in [0, 0.05) is 45.5 Å². The molecule has 0 spiro atoms. The van der Waals surface area contributed by atoms with Gasteiger partial charge in [0.2, 0.25) is 0 Å². The Hall–Kier alpha value is -6.56. The molecule has 0 unspecified atom stereocenters. The molecule has 3 aliphatic rings. The molecule has 8 aromatic rings. The minimum Gasteiger partial charge on any atom is -0.311 e. The van der Waals surface area contributed by atoms with Crippen LogP contribution in [0.15, 0.2) is 200 Å². The topological polar surface area (TPSA) is 9.72 Å². The smallest absolute Gasteiger partial charge is 0.252 e. The fourth-order valence-electron chi connectivity index (χ4n) is 9.17. The maximum Gasteiger partial charge on any atom is 0.252 e. The Kier molecular flexibility index (Phi) is 6.82. The molecule has 0 aromatic heterocycles. The summed E-state index contributed by atoms with van der Waals surface area (Å²) in [6.07, 6.45) is 0. The van der Waals surface area contributed by atoms with Crippen molar-refractivity contribution in [2.75, 3.05) is 14.7 Å². The van der Waals surface area contributed by atoms with E-state index in [4.69, 9.17) is 0 Å². The highest BCUT2D eigenvalue weighted by Gasteiger charge is 2.44. The molecule has 0 radical (unpaired) electrons. The van der Waals surface area contributed by atoms with Crippen LogP contribution in [0.2, 0.25) is 0 Å².